The van der Waals surface area contributed by atoms with E-state index in [0.717, 1.165) is 5.56 Å². The van der Waals surface area contributed by atoms with Crippen molar-refractivity contribution in [2.45, 2.75) is 30.7 Å². The molecule has 2 N–H and O–H groups in total. The maximum Gasteiger partial charge on any atom is 0.255 e. The summed E-state index contributed by atoms with van der Waals surface area (Å²) in [4.78, 5) is 13.1. The number of benzene rings is 2. The molecule has 162 valence electrons. The number of hydrogen-bond acceptors (Lipinski definition) is 5. The molecule has 1 aliphatic carbocycles. The van der Waals surface area contributed by atoms with Crippen LogP contribution in [-0.2, 0) is 10.0 Å². The summed E-state index contributed by atoms with van der Waals surface area (Å²) in [6.45, 7) is 4.11. The Morgan fingerprint density at radius 2 is 1.67 bits per heavy atom. The van der Waals surface area contributed by atoms with Crippen LogP contribution in [0.5, 0.6) is 11.5 Å². The standard InChI is InChI=1S/C21H25ClN2O5S/c1-21(2)18(12-6-8-13(9-7-12)30(26,27)23-3)19(21)24-20(25)14-10-15(22)17(29-5)11-16(14)28-4/h6-11,18-19,23H,1-5H3,(H,24,25)/t18-,19-/m0/s1. The van der Waals surface area contributed by atoms with Crippen molar-refractivity contribution < 1.29 is 22.7 Å². The Bertz CT molecular complexity index is 1070. The predicted molar refractivity (Wildman–Crippen MR) is 115 cm³/mol. The molecule has 9 heteroatoms. The largest absolute Gasteiger partial charge is 0.496 e. The average Bonchev–Trinajstić information content (AvgIpc) is 3.27. The monoisotopic (exact) mass is 452 g/mol. The van der Waals surface area contributed by atoms with Gasteiger partial charge in [0.05, 0.1) is 29.7 Å². The molecule has 0 saturated heterocycles. The van der Waals surface area contributed by atoms with Gasteiger partial charge in [-0.3, -0.25) is 4.79 Å². The SMILES string of the molecule is CNS(=O)(=O)c1ccc([C@H]2[C@H](NC(=O)c3cc(Cl)c(OC)cc3OC)C2(C)C)cc1. The summed E-state index contributed by atoms with van der Waals surface area (Å²) in [6.07, 6.45) is 0. The Morgan fingerprint density at radius 3 is 2.20 bits per heavy atom. The van der Waals surface area contributed by atoms with E-state index in [2.05, 4.69) is 23.9 Å². The Balaban J connectivity index is 1.81. The Hall–Kier alpha value is -2.29. The molecule has 2 aromatic rings. The van der Waals surface area contributed by atoms with E-state index in [4.69, 9.17) is 21.1 Å². The molecule has 0 aliphatic heterocycles. The normalized spacial score (nSPS) is 19.8. The zero-order valence-electron chi connectivity index (χ0n) is 17.4. The molecule has 2 aromatic carbocycles. The summed E-state index contributed by atoms with van der Waals surface area (Å²) in [7, 11) is 0.849. The number of hydrogen-bond donors (Lipinski definition) is 2. The third-order valence-corrected chi connectivity index (χ3v) is 7.38. The summed E-state index contributed by atoms with van der Waals surface area (Å²) in [6, 6.07) is 9.69. The van der Waals surface area contributed by atoms with E-state index in [-0.39, 0.29) is 28.2 Å². The fourth-order valence-electron chi connectivity index (χ4n) is 3.76. The first kappa shape index (κ1) is 22.4. The van der Waals surface area contributed by atoms with Crippen molar-refractivity contribution in [3.05, 3.63) is 52.5 Å². The van der Waals surface area contributed by atoms with E-state index in [1.165, 1.54) is 27.3 Å². The van der Waals surface area contributed by atoms with Gasteiger partial charge in [0.15, 0.2) is 0 Å². The quantitative estimate of drug-likeness (QED) is 0.672. The number of carbonyl (C=O) groups is 1. The summed E-state index contributed by atoms with van der Waals surface area (Å²) < 4.78 is 36.6. The number of rotatable bonds is 7. The molecule has 1 saturated carbocycles. The maximum absolute atomic E-state index is 12.9. The summed E-state index contributed by atoms with van der Waals surface area (Å²) >= 11 is 6.18. The highest BCUT2D eigenvalue weighted by Crippen LogP contribution is 2.58. The van der Waals surface area contributed by atoms with Gasteiger partial charge in [-0.2, -0.15) is 0 Å². The second-order valence-electron chi connectivity index (χ2n) is 7.71. The molecule has 1 aliphatic rings. The third kappa shape index (κ3) is 3.99. The van der Waals surface area contributed by atoms with Crippen LogP contribution in [0.4, 0.5) is 0 Å². The molecule has 1 fully saturated rings. The zero-order valence-corrected chi connectivity index (χ0v) is 19.0. The van der Waals surface area contributed by atoms with E-state index in [1.807, 2.05) is 0 Å². The van der Waals surface area contributed by atoms with E-state index in [1.54, 1.807) is 30.3 Å². The number of carbonyl (C=O) groups excluding carboxylic acids is 1. The van der Waals surface area contributed by atoms with Crippen LogP contribution in [0.15, 0.2) is 41.3 Å². The molecule has 0 unspecified atom stereocenters. The average molecular weight is 453 g/mol. The van der Waals surface area contributed by atoms with Crippen LogP contribution in [-0.4, -0.2) is 41.6 Å². The molecule has 1 amide bonds. The minimum absolute atomic E-state index is 0.0486. The van der Waals surface area contributed by atoms with Gasteiger partial charge in [-0.25, -0.2) is 13.1 Å². The van der Waals surface area contributed by atoms with Crippen LogP contribution >= 0.6 is 11.6 Å². The highest BCUT2D eigenvalue weighted by molar-refractivity contribution is 7.89. The molecule has 0 spiro atoms. The van der Waals surface area contributed by atoms with E-state index >= 15 is 0 Å². The van der Waals surface area contributed by atoms with Crippen molar-refractivity contribution >= 4 is 27.5 Å². The third-order valence-electron chi connectivity index (χ3n) is 5.65. The lowest BCUT2D eigenvalue weighted by Crippen LogP contribution is -2.29. The molecule has 0 radical (unpaired) electrons. The zero-order chi connectivity index (χ0) is 22.3. The number of nitrogens with one attached hydrogen (secondary N) is 2. The molecule has 0 bridgehead atoms. The molecule has 7 nitrogen and oxygen atoms in total. The number of amides is 1. The second-order valence-corrected chi connectivity index (χ2v) is 10.0. The summed E-state index contributed by atoms with van der Waals surface area (Å²) in [5.41, 5.74) is 1.09. The molecule has 2 atom stereocenters. The predicted octanol–water partition coefficient (Wildman–Crippen LogP) is 3.19. The van der Waals surface area contributed by atoms with Gasteiger partial charge in [0.1, 0.15) is 11.5 Å². The van der Waals surface area contributed by atoms with Crippen molar-refractivity contribution in [1.29, 1.82) is 0 Å². The van der Waals surface area contributed by atoms with Crippen LogP contribution in [0.2, 0.25) is 5.02 Å². The summed E-state index contributed by atoms with van der Waals surface area (Å²) in [5, 5.41) is 3.37. The van der Waals surface area contributed by atoms with Gasteiger partial charge in [-0.1, -0.05) is 37.6 Å². The topological polar surface area (TPSA) is 93.7 Å². The smallest absolute Gasteiger partial charge is 0.255 e. The number of halogens is 1. The highest BCUT2D eigenvalue weighted by atomic mass is 35.5. The van der Waals surface area contributed by atoms with Gasteiger partial charge in [0.25, 0.3) is 5.91 Å². The minimum Gasteiger partial charge on any atom is -0.496 e. The van der Waals surface area contributed by atoms with Crippen LogP contribution in [0.25, 0.3) is 0 Å². The first-order valence-electron chi connectivity index (χ1n) is 9.32. The Kier molecular flexibility index (Phi) is 6.04. The van der Waals surface area contributed by atoms with Crippen molar-refractivity contribution in [3.63, 3.8) is 0 Å². The van der Waals surface area contributed by atoms with E-state index in [9.17, 15) is 13.2 Å². The van der Waals surface area contributed by atoms with Gasteiger partial charge in [-0.05, 0) is 36.2 Å². The van der Waals surface area contributed by atoms with E-state index < -0.39 is 10.0 Å². The summed E-state index contributed by atoms with van der Waals surface area (Å²) in [5.74, 6) is 0.538. The molecule has 0 heterocycles. The lowest BCUT2D eigenvalue weighted by atomic mass is 10.0. The van der Waals surface area contributed by atoms with Crippen molar-refractivity contribution in [1.82, 2.24) is 10.0 Å². The van der Waals surface area contributed by atoms with Crippen molar-refractivity contribution in [2.75, 3.05) is 21.3 Å². The molecule has 30 heavy (non-hydrogen) atoms. The molecule has 0 aromatic heterocycles. The van der Waals surface area contributed by atoms with Gasteiger partial charge < -0.3 is 14.8 Å². The van der Waals surface area contributed by atoms with Crippen LogP contribution in [0.3, 0.4) is 0 Å². The van der Waals surface area contributed by atoms with E-state index in [0.29, 0.717) is 22.1 Å². The van der Waals surface area contributed by atoms with Gasteiger partial charge in [0.2, 0.25) is 10.0 Å². The second kappa shape index (κ2) is 8.09. The molecular formula is C21H25ClN2O5S. The highest BCUT2D eigenvalue weighted by Gasteiger charge is 2.59. The molecular weight excluding hydrogens is 428 g/mol. The number of ether oxygens (including phenoxy) is 2. The lowest BCUT2D eigenvalue weighted by Gasteiger charge is -2.13. The van der Waals surface area contributed by atoms with Gasteiger partial charge in [0, 0.05) is 18.0 Å². The molecule has 3 rings (SSSR count). The van der Waals surface area contributed by atoms with Crippen LogP contribution in [0, 0.1) is 5.41 Å². The first-order chi connectivity index (χ1) is 14.1. The fourth-order valence-corrected chi connectivity index (χ4v) is 4.73. The van der Waals surface area contributed by atoms with Crippen molar-refractivity contribution in [3.8, 4) is 11.5 Å². The van der Waals surface area contributed by atoms with Crippen LogP contribution in [0.1, 0.15) is 35.7 Å². The lowest BCUT2D eigenvalue weighted by molar-refractivity contribution is 0.0943. The van der Waals surface area contributed by atoms with Crippen LogP contribution < -0.4 is 19.5 Å². The minimum atomic E-state index is -3.49. The Morgan fingerprint density at radius 1 is 1.07 bits per heavy atom. The fraction of sp³-hybridized carbons (Fsp3) is 0.381. The number of sulfonamides is 1. The van der Waals surface area contributed by atoms with Crippen molar-refractivity contribution in [2.24, 2.45) is 5.41 Å². The Labute approximate surface area is 181 Å². The maximum atomic E-state index is 12.9. The van der Waals surface area contributed by atoms with Gasteiger partial charge in [-0.15, -0.1) is 0 Å². The first-order valence-corrected chi connectivity index (χ1v) is 11.2. The van der Waals surface area contributed by atoms with Gasteiger partial charge >= 0.3 is 0 Å². The number of methoxy groups -OCH3 is 2.